The fourth-order valence-electron chi connectivity index (χ4n) is 5.87. The summed E-state index contributed by atoms with van der Waals surface area (Å²) in [7, 11) is 4.84. The molecule has 2 amide bonds. The molecule has 9 heteroatoms. The largest absolute Gasteiger partial charge is 0.430 e. The summed E-state index contributed by atoms with van der Waals surface area (Å²) in [6.45, 7) is 0.674. The van der Waals surface area contributed by atoms with Gasteiger partial charge in [0.1, 0.15) is 0 Å². The Morgan fingerprint density at radius 2 is 1.67 bits per heavy atom. The molecule has 2 atom stereocenters. The molecule has 0 aliphatic carbocycles. The predicted molar refractivity (Wildman–Crippen MR) is 131 cm³/mol. The summed E-state index contributed by atoms with van der Waals surface area (Å²) in [6, 6.07) is 15.0. The highest BCUT2D eigenvalue weighted by molar-refractivity contribution is 5.88. The van der Waals surface area contributed by atoms with E-state index >= 15 is 0 Å². The lowest BCUT2D eigenvalue weighted by molar-refractivity contribution is -0.271. The molecule has 194 valence electrons. The molecular weight excluding hydrogens is 471 g/mol. The molecule has 2 aliphatic rings. The van der Waals surface area contributed by atoms with Crippen molar-refractivity contribution < 1.29 is 27.5 Å². The number of methoxy groups -OCH3 is 1. The molecule has 2 aromatic rings. The van der Waals surface area contributed by atoms with E-state index in [1.165, 1.54) is 29.2 Å². The lowest BCUT2D eigenvalue weighted by Gasteiger charge is -2.50. The Kier molecular flexibility index (Phi) is 7.05. The van der Waals surface area contributed by atoms with Crippen molar-refractivity contribution in [3.8, 4) is 0 Å². The molecule has 0 aromatic heterocycles. The maximum atomic E-state index is 14.4. The zero-order chi connectivity index (χ0) is 26.1. The number of benzene rings is 2. The molecule has 36 heavy (non-hydrogen) atoms. The standard InChI is InChI=1S/C27H32F3N3O3/c1-32(2)22-12-8-7-11-20(22)21-18-31-23(34)17-25(21)13-15-33(16-14-25)24(35)26(36-3,27(28,29)30)19-9-5-4-6-10-19/h4-12,21H,13-18H2,1-3H3,(H,31,34)/t21?,26-/m1/s1. The van der Waals surface area contributed by atoms with E-state index in [1.807, 2.05) is 43.3 Å². The first-order chi connectivity index (χ1) is 17.1. The Morgan fingerprint density at radius 1 is 1.06 bits per heavy atom. The van der Waals surface area contributed by atoms with Gasteiger partial charge in [-0.1, -0.05) is 48.5 Å². The van der Waals surface area contributed by atoms with Crippen molar-refractivity contribution in [2.45, 2.75) is 37.0 Å². The van der Waals surface area contributed by atoms with Crippen LogP contribution in [-0.2, 0) is 19.9 Å². The zero-order valence-electron chi connectivity index (χ0n) is 20.8. The number of rotatable bonds is 5. The zero-order valence-corrected chi connectivity index (χ0v) is 20.8. The van der Waals surface area contributed by atoms with Gasteiger partial charge < -0.3 is 19.9 Å². The van der Waals surface area contributed by atoms with E-state index in [1.54, 1.807) is 6.07 Å². The van der Waals surface area contributed by atoms with Crippen LogP contribution in [0.5, 0.6) is 0 Å². The number of anilines is 1. The van der Waals surface area contributed by atoms with E-state index in [4.69, 9.17) is 4.74 Å². The number of halogens is 3. The third-order valence-corrected chi connectivity index (χ3v) is 7.78. The fourth-order valence-corrected chi connectivity index (χ4v) is 5.87. The van der Waals surface area contributed by atoms with E-state index < -0.39 is 23.1 Å². The van der Waals surface area contributed by atoms with Crippen LogP contribution in [0.25, 0.3) is 0 Å². The lowest BCUT2D eigenvalue weighted by Crippen LogP contribution is -2.60. The van der Waals surface area contributed by atoms with Crippen molar-refractivity contribution >= 4 is 17.5 Å². The summed E-state index contributed by atoms with van der Waals surface area (Å²) in [5.74, 6) is -1.21. The van der Waals surface area contributed by atoms with Crippen LogP contribution in [-0.4, -0.2) is 63.7 Å². The normalized spacial score (nSPS) is 21.6. The Hall–Kier alpha value is -3.07. The molecule has 4 rings (SSSR count). The number of piperidine rings is 2. The molecule has 2 saturated heterocycles. The Balaban J connectivity index is 1.65. The van der Waals surface area contributed by atoms with Crippen LogP contribution in [0.1, 0.15) is 36.3 Å². The van der Waals surface area contributed by atoms with Crippen molar-refractivity contribution in [1.29, 1.82) is 0 Å². The van der Waals surface area contributed by atoms with Gasteiger partial charge in [0.2, 0.25) is 5.91 Å². The van der Waals surface area contributed by atoms with Crippen LogP contribution in [0.3, 0.4) is 0 Å². The second kappa shape index (κ2) is 9.76. The van der Waals surface area contributed by atoms with Crippen molar-refractivity contribution in [3.05, 3.63) is 65.7 Å². The number of amides is 2. The average molecular weight is 504 g/mol. The van der Waals surface area contributed by atoms with Gasteiger partial charge in [-0.15, -0.1) is 0 Å². The Labute approximate surface area is 209 Å². The number of nitrogens with zero attached hydrogens (tertiary/aromatic N) is 2. The highest BCUT2D eigenvalue weighted by atomic mass is 19.4. The minimum absolute atomic E-state index is 0.0185. The van der Waals surface area contributed by atoms with Crippen LogP contribution in [0.15, 0.2) is 54.6 Å². The second-order valence-electron chi connectivity index (χ2n) is 9.89. The second-order valence-corrected chi connectivity index (χ2v) is 9.89. The van der Waals surface area contributed by atoms with Crippen LogP contribution >= 0.6 is 0 Å². The van der Waals surface area contributed by atoms with Gasteiger partial charge in [0.15, 0.2) is 0 Å². The molecule has 1 unspecified atom stereocenters. The molecule has 0 saturated carbocycles. The molecule has 2 aromatic carbocycles. The number of likely N-dealkylation sites (tertiary alicyclic amines) is 1. The van der Waals surface area contributed by atoms with Crippen LogP contribution in [0.2, 0.25) is 0 Å². The van der Waals surface area contributed by atoms with Crippen molar-refractivity contribution in [1.82, 2.24) is 10.2 Å². The number of carbonyl (C=O) groups is 2. The number of carbonyl (C=O) groups excluding carboxylic acids is 2. The maximum absolute atomic E-state index is 14.4. The van der Waals surface area contributed by atoms with Gasteiger partial charge in [-0.25, -0.2) is 0 Å². The molecule has 0 bridgehead atoms. The fraction of sp³-hybridized carbons (Fsp3) is 0.481. The number of ether oxygens (including phenoxy) is 1. The smallest absolute Gasteiger partial charge is 0.377 e. The summed E-state index contributed by atoms with van der Waals surface area (Å²) < 4.78 is 48.3. The minimum Gasteiger partial charge on any atom is -0.377 e. The molecule has 2 aliphatic heterocycles. The summed E-state index contributed by atoms with van der Waals surface area (Å²) in [5.41, 5.74) is -1.66. The third kappa shape index (κ3) is 4.34. The molecule has 1 spiro atoms. The number of para-hydroxylation sites is 1. The first-order valence-electron chi connectivity index (χ1n) is 12.1. The molecule has 0 radical (unpaired) electrons. The van der Waals surface area contributed by atoms with Gasteiger partial charge >= 0.3 is 6.18 Å². The number of hydrogen-bond donors (Lipinski definition) is 1. The minimum atomic E-state index is -4.95. The van der Waals surface area contributed by atoms with Crippen LogP contribution in [0, 0.1) is 5.41 Å². The first-order valence-corrected chi connectivity index (χ1v) is 12.1. The van der Waals surface area contributed by atoms with Gasteiger partial charge in [-0.05, 0) is 29.9 Å². The predicted octanol–water partition coefficient (Wildman–Crippen LogP) is 4.07. The van der Waals surface area contributed by atoms with E-state index in [0.717, 1.165) is 18.4 Å². The van der Waals surface area contributed by atoms with Crippen LogP contribution in [0.4, 0.5) is 18.9 Å². The quantitative estimate of drug-likeness (QED) is 0.669. The lowest BCUT2D eigenvalue weighted by atomic mass is 9.62. The summed E-state index contributed by atoms with van der Waals surface area (Å²) in [4.78, 5) is 29.3. The third-order valence-electron chi connectivity index (χ3n) is 7.78. The van der Waals surface area contributed by atoms with Crippen molar-refractivity contribution in [2.24, 2.45) is 5.41 Å². The Bertz CT molecular complexity index is 1100. The summed E-state index contributed by atoms with van der Waals surface area (Å²) >= 11 is 0. The van der Waals surface area contributed by atoms with Gasteiger partial charge in [-0.3, -0.25) is 9.59 Å². The average Bonchev–Trinajstić information content (AvgIpc) is 2.85. The summed E-state index contributed by atoms with van der Waals surface area (Å²) in [6.07, 6.45) is -3.84. The highest BCUT2D eigenvalue weighted by Gasteiger charge is 2.64. The van der Waals surface area contributed by atoms with Crippen LogP contribution < -0.4 is 10.2 Å². The molecule has 1 N–H and O–H groups in total. The van der Waals surface area contributed by atoms with E-state index in [0.29, 0.717) is 19.4 Å². The number of nitrogens with one attached hydrogen (secondary N) is 1. The highest BCUT2D eigenvalue weighted by Crippen LogP contribution is 2.51. The molecular formula is C27H32F3N3O3. The van der Waals surface area contributed by atoms with Gasteiger partial charge in [-0.2, -0.15) is 13.2 Å². The Morgan fingerprint density at radius 3 is 2.25 bits per heavy atom. The number of hydrogen-bond acceptors (Lipinski definition) is 4. The SMILES string of the molecule is CO[C@@](C(=O)N1CCC2(CC1)CC(=O)NCC2c1ccccc1N(C)C)(c1ccccc1)C(F)(F)F. The van der Waals surface area contributed by atoms with Crippen molar-refractivity contribution in [3.63, 3.8) is 0 Å². The van der Waals surface area contributed by atoms with Gasteiger partial charge in [0, 0.05) is 64.4 Å². The topological polar surface area (TPSA) is 61.9 Å². The number of alkyl halides is 3. The summed E-state index contributed by atoms with van der Waals surface area (Å²) in [5, 5.41) is 2.97. The first kappa shape index (κ1) is 26.0. The van der Waals surface area contributed by atoms with E-state index in [2.05, 4.69) is 5.32 Å². The molecule has 6 nitrogen and oxygen atoms in total. The van der Waals surface area contributed by atoms with E-state index in [-0.39, 0.29) is 36.9 Å². The molecule has 2 heterocycles. The van der Waals surface area contributed by atoms with Gasteiger partial charge in [0.05, 0.1) is 0 Å². The monoisotopic (exact) mass is 503 g/mol. The maximum Gasteiger partial charge on any atom is 0.430 e. The van der Waals surface area contributed by atoms with E-state index in [9.17, 15) is 22.8 Å². The van der Waals surface area contributed by atoms with Crippen molar-refractivity contribution in [2.75, 3.05) is 45.7 Å². The van der Waals surface area contributed by atoms with Gasteiger partial charge in [0.25, 0.3) is 11.5 Å². The molecule has 2 fully saturated rings.